The average Bonchev–Trinajstić information content (AvgIpc) is 3.75. The zero-order chi connectivity index (χ0) is 26.1. The van der Waals surface area contributed by atoms with Gasteiger partial charge in [0.05, 0.1) is 0 Å². The Labute approximate surface area is 237 Å². The van der Waals surface area contributed by atoms with Crippen molar-refractivity contribution >= 4 is 66.5 Å². The lowest BCUT2D eigenvalue weighted by molar-refractivity contribution is 0.679. The Balaban J connectivity index is 1.42. The van der Waals surface area contributed by atoms with E-state index in [2.05, 4.69) is 122 Å². The van der Waals surface area contributed by atoms with E-state index < -0.39 is 0 Å². The summed E-state index contributed by atoms with van der Waals surface area (Å²) in [6.45, 7) is 4.96. The summed E-state index contributed by atoms with van der Waals surface area (Å²) < 4.78 is 0. The number of benzene rings is 4. The highest BCUT2D eigenvalue weighted by Crippen LogP contribution is 2.59. The molecule has 0 fully saturated rings. The molecule has 0 nitrogen and oxygen atoms in total. The Morgan fingerprint density at radius 1 is 0.513 bits per heavy atom. The van der Waals surface area contributed by atoms with Crippen LogP contribution in [0.15, 0.2) is 108 Å². The second-order valence-corrected chi connectivity index (χ2v) is 13.2. The van der Waals surface area contributed by atoms with Gasteiger partial charge in [-0.15, -0.1) is 22.7 Å². The maximum Gasteiger partial charge on any atom is 0.0308 e. The minimum Gasteiger partial charge on any atom is -0.144 e. The first-order chi connectivity index (χ1) is 19.1. The van der Waals surface area contributed by atoms with Crippen LogP contribution in [0.5, 0.6) is 0 Å². The minimum absolute atomic E-state index is 0.180. The maximum atomic E-state index is 2.48. The molecule has 0 atom stereocenters. The van der Waals surface area contributed by atoms with E-state index in [1.165, 1.54) is 75.8 Å². The highest BCUT2D eigenvalue weighted by Gasteiger charge is 2.41. The number of allylic oxidation sites excluding steroid dienone is 4. The first-order valence-corrected chi connectivity index (χ1v) is 15.4. The molecule has 0 unspecified atom stereocenters. The predicted octanol–water partition coefficient (Wildman–Crippen LogP) is 10.8. The molecule has 2 heterocycles. The number of hydrogen-bond donors (Lipinski definition) is 0. The van der Waals surface area contributed by atoms with Crippen molar-refractivity contribution in [1.29, 1.82) is 0 Å². The van der Waals surface area contributed by atoms with Crippen LogP contribution >= 0.6 is 22.7 Å². The fraction of sp³-hybridized carbons (Fsp3) is 0.135. The lowest BCUT2D eigenvalue weighted by Gasteiger charge is -2.33. The lowest BCUT2D eigenvalue weighted by atomic mass is 9.70. The van der Waals surface area contributed by atoms with Crippen molar-refractivity contribution in [2.24, 2.45) is 5.41 Å². The normalized spacial score (nSPS) is 15.0. The predicted molar refractivity (Wildman–Crippen MR) is 171 cm³/mol. The van der Waals surface area contributed by atoms with Crippen LogP contribution in [-0.2, 0) is 12.8 Å². The standard InChI is InChI=1S/C37H28S2/c1-37(2,35-29-19-25-11-5-3-9-23(25)17-27(29)21-31(35)33-13-7-15-38-33)36-30-20-26-12-6-4-10-24(26)18-28(30)22-32(36)34-14-8-16-39-34/h3-20H,21-22H2,1-2H3. The highest BCUT2D eigenvalue weighted by molar-refractivity contribution is 7.11. The second kappa shape index (κ2) is 8.64. The summed E-state index contributed by atoms with van der Waals surface area (Å²) in [5, 5.41) is 9.75. The van der Waals surface area contributed by atoms with Gasteiger partial charge in [-0.05, 0) is 114 Å². The van der Waals surface area contributed by atoms with Crippen molar-refractivity contribution in [3.05, 3.63) is 140 Å². The minimum atomic E-state index is -0.180. The van der Waals surface area contributed by atoms with E-state index in [9.17, 15) is 0 Å². The molecule has 0 amide bonds. The van der Waals surface area contributed by atoms with Gasteiger partial charge in [0, 0.05) is 15.2 Å². The molecular weight excluding hydrogens is 509 g/mol. The Morgan fingerprint density at radius 2 is 0.923 bits per heavy atom. The molecule has 8 rings (SSSR count). The van der Waals surface area contributed by atoms with E-state index in [4.69, 9.17) is 0 Å². The lowest BCUT2D eigenvalue weighted by Crippen LogP contribution is -2.17. The molecule has 0 saturated carbocycles. The van der Waals surface area contributed by atoms with Crippen LogP contribution in [0.2, 0.25) is 0 Å². The molecular formula is C37H28S2. The van der Waals surface area contributed by atoms with Gasteiger partial charge < -0.3 is 0 Å². The van der Waals surface area contributed by atoms with Gasteiger partial charge >= 0.3 is 0 Å². The summed E-state index contributed by atoms with van der Waals surface area (Å²) in [7, 11) is 0. The van der Waals surface area contributed by atoms with Crippen LogP contribution in [0.1, 0.15) is 45.9 Å². The van der Waals surface area contributed by atoms with Crippen LogP contribution in [0, 0.1) is 5.41 Å². The number of rotatable bonds is 4. The van der Waals surface area contributed by atoms with Crippen LogP contribution in [0.25, 0.3) is 43.8 Å². The van der Waals surface area contributed by atoms with Crippen molar-refractivity contribution in [3.63, 3.8) is 0 Å². The Bertz CT molecular complexity index is 1820. The fourth-order valence-electron chi connectivity index (χ4n) is 7.09. The fourth-order valence-corrected chi connectivity index (χ4v) is 8.64. The van der Waals surface area contributed by atoms with Gasteiger partial charge in [-0.25, -0.2) is 0 Å². The Hall–Kier alpha value is -3.72. The third-order valence-corrected chi connectivity index (χ3v) is 10.6. The van der Waals surface area contributed by atoms with Gasteiger partial charge in [-0.2, -0.15) is 0 Å². The molecule has 2 heteroatoms. The van der Waals surface area contributed by atoms with E-state index >= 15 is 0 Å². The van der Waals surface area contributed by atoms with Crippen LogP contribution in [-0.4, -0.2) is 0 Å². The molecule has 188 valence electrons. The topological polar surface area (TPSA) is 0 Å². The third-order valence-electron chi connectivity index (χ3n) is 8.71. The van der Waals surface area contributed by atoms with Crippen molar-refractivity contribution in [2.45, 2.75) is 26.7 Å². The summed E-state index contributed by atoms with van der Waals surface area (Å²) in [6.07, 6.45) is 1.98. The first-order valence-electron chi connectivity index (χ1n) is 13.7. The molecule has 2 aromatic heterocycles. The van der Waals surface area contributed by atoms with Gasteiger partial charge in [0.2, 0.25) is 0 Å². The van der Waals surface area contributed by atoms with Crippen molar-refractivity contribution in [3.8, 4) is 0 Å². The van der Waals surface area contributed by atoms with Crippen LogP contribution < -0.4 is 0 Å². The van der Waals surface area contributed by atoms with E-state index in [-0.39, 0.29) is 5.41 Å². The highest BCUT2D eigenvalue weighted by atomic mass is 32.1. The third kappa shape index (κ3) is 3.55. The largest absolute Gasteiger partial charge is 0.144 e. The smallest absolute Gasteiger partial charge is 0.0308 e. The molecule has 0 bridgehead atoms. The molecule has 0 spiro atoms. The van der Waals surface area contributed by atoms with E-state index in [0.717, 1.165) is 12.8 Å². The van der Waals surface area contributed by atoms with E-state index in [0.29, 0.717) is 0 Å². The maximum absolute atomic E-state index is 2.48. The number of hydrogen-bond acceptors (Lipinski definition) is 2. The number of fused-ring (bicyclic) bond motifs is 4. The SMILES string of the molecule is CC(C)(C1=C(c2cccs2)Cc2cc3ccccc3cc21)C1=C(c2cccs2)Cc2cc3ccccc3cc21. The van der Waals surface area contributed by atoms with E-state index in [1.54, 1.807) is 0 Å². The molecule has 2 aliphatic rings. The molecule has 6 aromatic rings. The second-order valence-electron chi connectivity index (χ2n) is 11.4. The summed E-state index contributed by atoms with van der Waals surface area (Å²) >= 11 is 3.74. The Morgan fingerprint density at radius 3 is 1.31 bits per heavy atom. The number of thiophene rings is 2. The van der Waals surface area contributed by atoms with Gasteiger partial charge in [-0.1, -0.05) is 86.6 Å². The van der Waals surface area contributed by atoms with Crippen molar-refractivity contribution in [1.82, 2.24) is 0 Å². The zero-order valence-corrected chi connectivity index (χ0v) is 23.8. The summed E-state index contributed by atoms with van der Waals surface area (Å²) in [5.74, 6) is 0. The van der Waals surface area contributed by atoms with Crippen LogP contribution in [0.3, 0.4) is 0 Å². The monoisotopic (exact) mass is 536 g/mol. The Kier molecular flexibility index (Phi) is 5.14. The zero-order valence-electron chi connectivity index (χ0n) is 22.1. The van der Waals surface area contributed by atoms with Gasteiger partial charge in [0.15, 0.2) is 0 Å². The molecule has 2 aliphatic carbocycles. The first kappa shape index (κ1) is 23.2. The molecule has 0 saturated heterocycles. The summed E-state index contributed by atoms with van der Waals surface area (Å²) in [5.41, 5.74) is 11.6. The van der Waals surface area contributed by atoms with Crippen molar-refractivity contribution < 1.29 is 0 Å². The van der Waals surface area contributed by atoms with E-state index in [1.807, 2.05) is 22.7 Å². The van der Waals surface area contributed by atoms with Gasteiger partial charge in [0.25, 0.3) is 0 Å². The van der Waals surface area contributed by atoms with Gasteiger partial charge in [-0.3, -0.25) is 0 Å². The molecule has 0 N–H and O–H groups in total. The quantitative estimate of drug-likeness (QED) is 0.210. The summed E-state index contributed by atoms with van der Waals surface area (Å²) in [4.78, 5) is 2.79. The summed E-state index contributed by atoms with van der Waals surface area (Å²) in [6, 6.07) is 36.5. The molecule has 39 heavy (non-hydrogen) atoms. The van der Waals surface area contributed by atoms with Gasteiger partial charge in [0.1, 0.15) is 0 Å². The van der Waals surface area contributed by atoms with Crippen LogP contribution in [0.4, 0.5) is 0 Å². The average molecular weight is 537 g/mol. The molecule has 4 aromatic carbocycles. The molecule has 0 radical (unpaired) electrons. The van der Waals surface area contributed by atoms with Crippen molar-refractivity contribution in [2.75, 3.05) is 0 Å². The molecule has 0 aliphatic heterocycles.